The molecule has 0 aromatic heterocycles. The van der Waals surface area contributed by atoms with Crippen LogP contribution in [0.2, 0.25) is 0 Å². The van der Waals surface area contributed by atoms with Crippen molar-refractivity contribution in [3.8, 4) is 0 Å². The van der Waals surface area contributed by atoms with Crippen LogP contribution in [0.4, 0.5) is 0 Å². The lowest BCUT2D eigenvalue weighted by molar-refractivity contribution is -0.870. The van der Waals surface area contributed by atoms with Gasteiger partial charge in [-0.15, -0.1) is 0 Å². The smallest absolute Gasteiger partial charge is 0.306 e. The van der Waals surface area contributed by atoms with Crippen molar-refractivity contribution >= 4 is 19.8 Å². The van der Waals surface area contributed by atoms with E-state index < -0.39 is 26.5 Å². The predicted octanol–water partition coefficient (Wildman–Crippen LogP) is 20.8. The van der Waals surface area contributed by atoms with Crippen LogP contribution in [-0.4, -0.2) is 70.0 Å². The summed E-state index contributed by atoms with van der Waals surface area (Å²) >= 11 is 0. The minimum atomic E-state index is -4.63. The van der Waals surface area contributed by atoms with E-state index in [2.05, 4.69) is 74.6 Å². The van der Waals surface area contributed by atoms with E-state index in [1.54, 1.807) is 0 Å². The maximum absolute atomic E-state index is 12.8. The van der Waals surface area contributed by atoms with Crippen LogP contribution in [0.1, 0.15) is 316 Å². The zero-order valence-electron chi connectivity index (χ0n) is 52.6. The van der Waals surface area contributed by atoms with Gasteiger partial charge < -0.3 is 27.9 Å². The summed E-state index contributed by atoms with van der Waals surface area (Å²) in [5.41, 5.74) is 0. The number of carbonyl (C=O) groups is 2. The number of rotatable bonds is 62. The molecule has 0 saturated carbocycles. The van der Waals surface area contributed by atoms with Crippen molar-refractivity contribution in [2.45, 2.75) is 322 Å². The fourth-order valence-corrected chi connectivity index (χ4v) is 10.4. The highest BCUT2D eigenvalue weighted by Gasteiger charge is 2.22. The second-order valence-electron chi connectivity index (χ2n) is 23.8. The molecule has 0 aliphatic heterocycles. The third-order valence-electron chi connectivity index (χ3n) is 14.8. The number of carbonyl (C=O) groups excluding carboxylic acids is 2. The molecule has 0 N–H and O–H groups in total. The number of hydrogen-bond donors (Lipinski definition) is 0. The molecule has 0 heterocycles. The number of nitrogens with zero attached hydrogens (tertiary/aromatic N) is 1. The van der Waals surface area contributed by atoms with E-state index in [1.807, 2.05) is 21.1 Å². The second kappa shape index (κ2) is 60.3. The molecule has 0 amide bonds. The summed E-state index contributed by atoms with van der Waals surface area (Å²) in [4.78, 5) is 37.9. The molecule has 9 nitrogen and oxygen atoms in total. The first kappa shape index (κ1) is 76.7. The summed E-state index contributed by atoms with van der Waals surface area (Å²) in [5.74, 6) is -0.816. The summed E-state index contributed by atoms with van der Waals surface area (Å²) in [6.45, 7) is 4.17. The number of esters is 2. The number of quaternary nitrogens is 1. The predicted molar refractivity (Wildman–Crippen MR) is 337 cm³/mol. The van der Waals surface area contributed by atoms with Crippen LogP contribution in [0.15, 0.2) is 60.8 Å². The van der Waals surface area contributed by atoms with E-state index in [0.717, 1.165) is 64.2 Å². The van der Waals surface area contributed by atoms with Crippen molar-refractivity contribution in [3.63, 3.8) is 0 Å². The Hall–Kier alpha value is -2.29. The lowest BCUT2D eigenvalue weighted by atomic mass is 10.0. The number of phosphoric ester groups is 1. The van der Waals surface area contributed by atoms with Crippen molar-refractivity contribution in [1.29, 1.82) is 0 Å². The number of unbranched alkanes of at least 4 members (excludes halogenated alkanes) is 38. The van der Waals surface area contributed by atoms with Gasteiger partial charge in [-0.25, -0.2) is 0 Å². The van der Waals surface area contributed by atoms with E-state index in [9.17, 15) is 19.0 Å². The first-order chi connectivity index (χ1) is 38.5. The van der Waals surface area contributed by atoms with Crippen molar-refractivity contribution in [2.75, 3.05) is 47.5 Å². The minimum absolute atomic E-state index is 0.0279. The number of phosphoric acid groups is 1. The highest BCUT2D eigenvalue weighted by atomic mass is 31.2. The average Bonchev–Trinajstić information content (AvgIpc) is 3.41. The summed E-state index contributed by atoms with van der Waals surface area (Å²) in [5, 5.41) is 0. The number of allylic oxidation sites excluding steroid dienone is 10. The van der Waals surface area contributed by atoms with Gasteiger partial charge >= 0.3 is 11.9 Å². The minimum Gasteiger partial charge on any atom is -0.756 e. The van der Waals surface area contributed by atoms with E-state index in [4.69, 9.17) is 18.5 Å². The van der Waals surface area contributed by atoms with Crippen LogP contribution in [0.25, 0.3) is 0 Å². The fourth-order valence-electron chi connectivity index (χ4n) is 9.69. The van der Waals surface area contributed by atoms with Gasteiger partial charge in [0.15, 0.2) is 6.10 Å². The molecule has 2 unspecified atom stereocenters. The maximum Gasteiger partial charge on any atom is 0.306 e. The third-order valence-corrected chi connectivity index (χ3v) is 15.8. The van der Waals surface area contributed by atoms with E-state index in [-0.39, 0.29) is 32.0 Å². The topological polar surface area (TPSA) is 111 Å². The van der Waals surface area contributed by atoms with Crippen molar-refractivity contribution in [1.82, 2.24) is 0 Å². The Morgan fingerprint density at radius 3 is 1.08 bits per heavy atom. The molecule has 0 bridgehead atoms. The molecule has 0 aliphatic rings. The number of likely N-dealkylation sites (N-methyl/N-ethyl adjacent to an activating group) is 1. The molecule has 0 aliphatic carbocycles. The van der Waals surface area contributed by atoms with Crippen LogP contribution in [-0.2, 0) is 32.7 Å². The maximum atomic E-state index is 12.8. The van der Waals surface area contributed by atoms with Gasteiger partial charge in [0.25, 0.3) is 7.82 Å². The van der Waals surface area contributed by atoms with Crippen LogP contribution in [0, 0.1) is 0 Å². The standard InChI is InChI=1S/C69H128NO8P/c1-6-8-10-12-14-16-18-20-22-23-24-25-26-27-28-29-30-31-32-33-34-35-36-37-38-39-40-41-42-43-44-45-46-47-48-50-52-54-56-58-60-62-69(72)78-67(66-77-79(73,74)76-64-63-70(3,4)5)65-75-68(71)61-59-57-55-53-51-49-21-19-17-15-13-11-9-7-2/h8,10,14,16,20,22,24-25,27-28,67H,6-7,9,11-13,15,17-19,21,23,26,29-66H2,1-5H3/b10-8-,16-14-,22-20-,25-24-,28-27-. The third kappa shape index (κ3) is 64.7. The zero-order chi connectivity index (χ0) is 57.7. The Bertz CT molecular complexity index is 1520. The van der Waals surface area contributed by atoms with Crippen molar-refractivity contribution in [2.24, 2.45) is 0 Å². The Morgan fingerprint density at radius 2 is 0.722 bits per heavy atom. The molecule has 0 spiro atoms. The Balaban J connectivity index is 3.86. The van der Waals surface area contributed by atoms with Crippen molar-refractivity contribution < 1.29 is 42.1 Å². The van der Waals surface area contributed by atoms with Gasteiger partial charge in [-0.05, 0) is 57.8 Å². The van der Waals surface area contributed by atoms with E-state index in [1.165, 1.54) is 218 Å². The highest BCUT2D eigenvalue weighted by molar-refractivity contribution is 7.45. The highest BCUT2D eigenvalue weighted by Crippen LogP contribution is 2.38. The van der Waals surface area contributed by atoms with Gasteiger partial charge in [0, 0.05) is 12.8 Å². The first-order valence-corrected chi connectivity index (χ1v) is 35.0. The lowest BCUT2D eigenvalue weighted by Crippen LogP contribution is -2.37. The normalized spacial score (nSPS) is 13.5. The molecule has 79 heavy (non-hydrogen) atoms. The summed E-state index contributed by atoms with van der Waals surface area (Å²) in [7, 11) is 1.18. The summed E-state index contributed by atoms with van der Waals surface area (Å²) in [6.07, 6.45) is 78.9. The molecular weight excluding hydrogens is 1000 g/mol. The van der Waals surface area contributed by atoms with E-state index >= 15 is 0 Å². The number of ether oxygens (including phenoxy) is 2. The molecule has 0 fully saturated rings. The molecule has 0 aromatic rings. The van der Waals surface area contributed by atoms with Gasteiger partial charge in [0.1, 0.15) is 19.8 Å². The molecule has 10 heteroatoms. The molecule has 0 aromatic carbocycles. The molecule has 2 atom stereocenters. The van der Waals surface area contributed by atoms with Gasteiger partial charge in [0.2, 0.25) is 0 Å². The molecule has 0 saturated heterocycles. The Kier molecular flexibility index (Phi) is 58.6. The first-order valence-electron chi connectivity index (χ1n) is 33.5. The Labute approximate surface area is 489 Å². The largest absolute Gasteiger partial charge is 0.756 e. The number of hydrogen-bond acceptors (Lipinski definition) is 8. The summed E-state index contributed by atoms with van der Waals surface area (Å²) < 4.78 is 34.2. The second-order valence-corrected chi connectivity index (χ2v) is 25.2. The van der Waals surface area contributed by atoms with Gasteiger partial charge in [-0.3, -0.25) is 14.2 Å². The van der Waals surface area contributed by atoms with Gasteiger partial charge in [0.05, 0.1) is 27.7 Å². The van der Waals surface area contributed by atoms with Gasteiger partial charge in [-0.2, -0.15) is 0 Å². The van der Waals surface area contributed by atoms with E-state index in [0.29, 0.717) is 17.4 Å². The lowest BCUT2D eigenvalue weighted by Gasteiger charge is -2.28. The quantitative estimate of drug-likeness (QED) is 0.0195. The molecule has 462 valence electrons. The van der Waals surface area contributed by atoms with Crippen LogP contribution in [0.3, 0.4) is 0 Å². The fraction of sp³-hybridized carbons (Fsp3) is 0.826. The molecule has 0 rings (SSSR count). The average molecular weight is 1130 g/mol. The Morgan fingerprint density at radius 1 is 0.405 bits per heavy atom. The zero-order valence-corrected chi connectivity index (χ0v) is 53.5. The van der Waals surface area contributed by atoms with Gasteiger partial charge in [-0.1, -0.05) is 306 Å². The van der Waals surface area contributed by atoms with Crippen molar-refractivity contribution in [3.05, 3.63) is 60.8 Å². The van der Waals surface area contributed by atoms with Crippen LogP contribution >= 0.6 is 7.82 Å². The molecular formula is C69H128NO8P. The molecule has 0 radical (unpaired) electrons. The van der Waals surface area contributed by atoms with Crippen LogP contribution in [0.5, 0.6) is 0 Å². The van der Waals surface area contributed by atoms with Crippen LogP contribution < -0.4 is 4.89 Å². The summed E-state index contributed by atoms with van der Waals surface area (Å²) in [6, 6.07) is 0. The SMILES string of the molecule is CC/C=C\C/C=C\C/C=C\C/C=C\C/C=C\CCCCCCCCCCCCCCCCCCCCCCCCCCCC(=O)OC(COC(=O)CCCCCCCCCCCCCCCC)COP(=O)([O-])OCC[N+](C)(C)C. The monoisotopic (exact) mass is 1130 g/mol.